The van der Waals surface area contributed by atoms with Crippen molar-refractivity contribution in [2.45, 2.75) is 27.7 Å². The van der Waals surface area contributed by atoms with E-state index < -0.39 is 5.95 Å². The van der Waals surface area contributed by atoms with Crippen molar-refractivity contribution in [2.75, 3.05) is 38.1 Å². The molecular formula is C15H27FN4O. The minimum absolute atomic E-state index is 0.101. The molecule has 1 saturated heterocycles. The molecule has 1 amide bonds. The quantitative estimate of drug-likeness (QED) is 0.821. The van der Waals surface area contributed by atoms with Gasteiger partial charge in [0.15, 0.2) is 0 Å². The van der Waals surface area contributed by atoms with Crippen LogP contribution in [-0.4, -0.2) is 44.1 Å². The Balaban J connectivity index is 0.000000921. The Morgan fingerprint density at radius 3 is 2.29 bits per heavy atom. The van der Waals surface area contributed by atoms with Crippen molar-refractivity contribution in [2.24, 2.45) is 0 Å². The molecule has 21 heavy (non-hydrogen) atoms. The zero-order valence-electron chi connectivity index (χ0n) is 13.7. The van der Waals surface area contributed by atoms with Crippen molar-refractivity contribution < 1.29 is 9.18 Å². The summed E-state index contributed by atoms with van der Waals surface area (Å²) in [6.45, 7) is 11.2. The number of anilines is 1. The first-order valence-electron chi connectivity index (χ1n) is 7.56. The van der Waals surface area contributed by atoms with Gasteiger partial charge in [0.2, 0.25) is 5.95 Å². The third kappa shape index (κ3) is 5.67. The van der Waals surface area contributed by atoms with Gasteiger partial charge in [-0.05, 0) is 12.1 Å². The number of hydrogen-bond acceptors (Lipinski definition) is 4. The van der Waals surface area contributed by atoms with Gasteiger partial charge >= 0.3 is 0 Å². The number of halogens is 1. The Hall–Kier alpha value is -1.69. The van der Waals surface area contributed by atoms with E-state index >= 15 is 0 Å². The minimum Gasteiger partial charge on any atom is -0.365 e. The number of carbonyl (C=O) groups is 1. The summed E-state index contributed by atoms with van der Waals surface area (Å²) in [6, 6.07) is 3.15. The fourth-order valence-corrected chi connectivity index (χ4v) is 1.82. The lowest BCUT2D eigenvalue weighted by atomic mass is 10.2. The molecule has 0 unspecified atom stereocenters. The average molecular weight is 298 g/mol. The summed E-state index contributed by atoms with van der Waals surface area (Å²) < 4.78 is 13.8. The van der Waals surface area contributed by atoms with Crippen LogP contribution in [-0.2, 0) is 0 Å². The number of nitrogens with zero attached hydrogens (tertiary/aromatic N) is 2. The normalized spacial score (nSPS) is 13.3. The fourth-order valence-electron chi connectivity index (χ4n) is 1.82. The first-order valence-corrected chi connectivity index (χ1v) is 7.56. The highest BCUT2D eigenvalue weighted by Crippen LogP contribution is 2.18. The number of hydrogen-bond donors (Lipinski definition) is 2. The monoisotopic (exact) mass is 298 g/mol. The summed E-state index contributed by atoms with van der Waals surface area (Å²) in [5.41, 5.74) is 0.558. The van der Waals surface area contributed by atoms with Gasteiger partial charge in [-0.25, -0.2) is 4.98 Å². The number of carbonyl (C=O) groups excluding carboxylic acids is 1. The molecule has 0 spiro atoms. The van der Waals surface area contributed by atoms with Gasteiger partial charge in [-0.2, -0.15) is 4.39 Å². The molecule has 1 fully saturated rings. The van der Waals surface area contributed by atoms with E-state index in [1.54, 1.807) is 12.1 Å². The van der Waals surface area contributed by atoms with Crippen molar-refractivity contribution in [3.8, 4) is 0 Å². The first-order chi connectivity index (χ1) is 10.2. The number of pyridine rings is 1. The van der Waals surface area contributed by atoms with Gasteiger partial charge in [0.1, 0.15) is 5.69 Å². The van der Waals surface area contributed by atoms with Crippen molar-refractivity contribution in [3.05, 3.63) is 23.8 Å². The number of rotatable bonds is 2. The van der Waals surface area contributed by atoms with E-state index in [2.05, 4.69) is 15.6 Å². The highest BCUT2D eigenvalue weighted by atomic mass is 19.1. The lowest BCUT2D eigenvalue weighted by molar-refractivity contribution is 0.0957. The average Bonchev–Trinajstić information content (AvgIpc) is 2.58. The van der Waals surface area contributed by atoms with Gasteiger partial charge in [0.05, 0.1) is 5.69 Å². The van der Waals surface area contributed by atoms with Crippen LogP contribution in [0.1, 0.15) is 38.2 Å². The molecule has 0 saturated carbocycles. The predicted octanol–water partition coefficient (Wildman–Crippen LogP) is 2.04. The molecule has 0 radical (unpaired) electrons. The van der Waals surface area contributed by atoms with Crippen LogP contribution in [0, 0.1) is 5.95 Å². The Labute approximate surface area is 126 Å². The minimum atomic E-state index is -0.590. The summed E-state index contributed by atoms with van der Waals surface area (Å²) in [5.74, 6) is -0.969. The Kier molecular flexibility index (Phi) is 10.1. The number of nitrogens with one attached hydrogen (secondary N) is 2. The molecule has 0 aliphatic carbocycles. The van der Waals surface area contributed by atoms with E-state index in [1.807, 2.05) is 32.6 Å². The number of amides is 1. The molecule has 2 heterocycles. The van der Waals surface area contributed by atoms with E-state index in [0.29, 0.717) is 5.69 Å². The fraction of sp³-hybridized carbons (Fsp3) is 0.600. The lowest BCUT2D eigenvalue weighted by Crippen LogP contribution is -2.44. The van der Waals surface area contributed by atoms with Crippen LogP contribution in [0.15, 0.2) is 12.1 Å². The molecule has 120 valence electrons. The third-order valence-corrected chi connectivity index (χ3v) is 2.75. The van der Waals surface area contributed by atoms with Crippen molar-refractivity contribution >= 4 is 11.6 Å². The molecule has 1 aromatic rings. The molecule has 0 atom stereocenters. The Morgan fingerprint density at radius 2 is 1.81 bits per heavy atom. The maximum atomic E-state index is 13.8. The summed E-state index contributed by atoms with van der Waals surface area (Å²) in [5, 5.41) is 5.61. The molecule has 2 rings (SSSR count). The SMILES string of the molecule is CC.CC.CNC(=O)c1ccc(N2CCNCC2)c(F)n1. The largest absolute Gasteiger partial charge is 0.365 e. The second-order valence-electron chi connectivity index (χ2n) is 3.82. The van der Waals surface area contributed by atoms with Crippen LogP contribution in [0.3, 0.4) is 0 Å². The zero-order chi connectivity index (χ0) is 16.3. The van der Waals surface area contributed by atoms with Gasteiger partial charge < -0.3 is 15.5 Å². The molecule has 1 aromatic heterocycles. The standard InChI is InChI=1S/C11H15FN4O.2C2H6/c1-13-11(17)8-2-3-9(10(12)15-8)16-6-4-14-5-7-16;2*1-2/h2-3,14H,4-7H2,1H3,(H,13,17);2*1-2H3. The Bertz CT molecular complexity index is 420. The zero-order valence-corrected chi connectivity index (χ0v) is 13.7. The smallest absolute Gasteiger partial charge is 0.269 e. The van der Waals surface area contributed by atoms with Crippen molar-refractivity contribution in [1.82, 2.24) is 15.6 Å². The Morgan fingerprint density at radius 1 is 1.24 bits per heavy atom. The van der Waals surface area contributed by atoms with Gasteiger partial charge in [-0.3, -0.25) is 4.79 Å². The maximum Gasteiger partial charge on any atom is 0.269 e. The van der Waals surface area contributed by atoms with Gasteiger partial charge in [0, 0.05) is 33.2 Å². The van der Waals surface area contributed by atoms with E-state index in [9.17, 15) is 9.18 Å². The van der Waals surface area contributed by atoms with Gasteiger partial charge in [-0.15, -0.1) is 0 Å². The summed E-state index contributed by atoms with van der Waals surface area (Å²) in [7, 11) is 1.49. The molecule has 6 heteroatoms. The second kappa shape index (κ2) is 11.0. The van der Waals surface area contributed by atoms with Crippen molar-refractivity contribution in [3.63, 3.8) is 0 Å². The maximum absolute atomic E-state index is 13.8. The number of aromatic nitrogens is 1. The summed E-state index contributed by atoms with van der Waals surface area (Å²) in [6.07, 6.45) is 0. The van der Waals surface area contributed by atoms with Gasteiger partial charge in [0.25, 0.3) is 5.91 Å². The molecule has 2 N–H and O–H groups in total. The highest BCUT2D eigenvalue weighted by molar-refractivity contribution is 5.92. The van der Waals surface area contributed by atoms with Crippen LogP contribution in [0.5, 0.6) is 0 Å². The van der Waals surface area contributed by atoms with Gasteiger partial charge in [-0.1, -0.05) is 27.7 Å². The van der Waals surface area contributed by atoms with Crippen LogP contribution < -0.4 is 15.5 Å². The van der Waals surface area contributed by atoms with Crippen LogP contribution in [0.25, 0.3) is 0 Å². The van der Waals surface area contributed by atoms with E-state index in [4.69, 9.17) is 0 Å². The van der Waals surface area contributed by atoms with E-state index in [-0.39, 0.29) is 11.6 Å². The topological polar surface area (TPSA) is 57.3 Å². The van der Waals surface area contributed by atoms with Crippen LogP contribution >= 0.6 is 0 Å². The summed E-state index contributed by atoms with van der Waals surface area (Å²) >= 11 is 0. The van der Waals surface area contributed by atoms with E-state index in [1.165, 1.54) is 7.05 Å². The number of piperazine rings is 1. The molecule has 1 aliphatic rings. The molecule has 1 aliphatic heterocycles. The lowest BCUT2D eigenvalue weighted by Gasteiger charge is -2.29. The van der Waals surface area contributed by atoms with Crippen LogP contribution in [0.4, 0.5) is 10.1 Å². The molecule has 0 bridgehead atoms. The molecule has 0 aromatic carbocycles. The summed E-state index contributed by atoms with van der Waals surface area (Å²) in [4.78, 5) is 16.9. The molecule has 5 nitrogen and oxygen atoms in total. The third-order valence-electron chi connectivity index (χ3n) is 2.75. The highest BCUT2D eigenvalue weighted by Gasteiger charge is 2.17. The van der Waals surface area contributed by atoms with Crippen molar-refractivity contribution in [1.29, 1.82) is 0 Å². The second-order valence-corrected chi connectivity index (χ2v) is 3.82. The van der Waals surface area contributed by atoms with Crippen LogP contribution in [0.2, 0.25) is 0 Å². The van der Waals surface area contributed by atoms with E-state index in [0.717, 1.165) is 26.2 Å². The first kappa shape index (κ1) is 19.3. The predicted molar refractivity (Wildman–Crippen MR) is 85.4 cm³/mol. The molecular weight excluding hydrogens is 271 g/mol.